The summed E-state index contributed by atoms with van der Waals surface area (Å²) in [6.45, 7) is 16.5. The summed E-state index contributed by atoms with van der Waals surface area (Å²) in [7, 11) is 0. The van der Waals surface area contributed by atoms with Crippen molar-refractivity contribution in [1.82, 2.24) is 14.9 Å². The lowest BCUT2D eigenvalue weighted by atomic mass is 9.93. The lowest BCUT2D eigenvalue weighted by molar-refractivity contribution is -0.0275. The standard InChI is InChI=1S/C19H33N3O2/c1-7-19(5,6)23-11-10-22-9-8-15(14-22)24-17-13-20-16(12-21-17)18(2,3)4/h12-13,15H,7-11,14H2,1-6H3. The summed E-state index contributed by atoms with van der Waals surface area (Å²) in [6, 6.07) is 0. The molecular formula is C19H33N3O2. The molecule has 2 rings (SSSR count). The third kappa shape index (κ3) is 5.71. The van der Waals surface area contributed by atoms with Crippen LogP contribution in [0, 0.1) is 0 Å². The van der Waals surface area contributed by atoms with Crippen LogP contribution < -0.4 is 4.74 Å². The van der Waals surface area contributed by atoms with Gasteiger partial charge >= 0.3 is 0 Å². The molecule has 1 unspecified atom stereocenters. The molecule has 1 atom stereocenters. The molecule has 0 bridgehead atoms. The van der Waals surface area contributed by atoms with Gasteiger partial charge in [0.2, 0.25) is 5.88 Å². The van der Waals surface area contributed by atoms with Crippen LogP contribution in [0.2, 0.25) is 0 Å². The van der Waals surface area contributed by atoms with Crippen LogP contribution in [0.5, 0.6) is 5.88 Å². The first-order chi connectivity index (χ1) is 11.2. The second kappa shape index (κ2) is 7.79. The Kier molecular flexibility index (Phi) is 6.21. The normalized spacial score (nSPS) is 19.7. The van der Waals surface area contributed by atoms with Gasteiger partial charge in [-0.05, 0) is 26.7 Å². The molecule has 0 N–H and O–H groups in total. The lowest BCUT2D eigenvalue weighted by Gasteiger charge is -2.25. The van der Waals surface area contributed by atoms with E-state index in [2.05, 4.69) is 56.4 Å². The fourth-order valence-electron chi connectivity index (χ4n) is 2.58. The van der Waals surface area contributed by atoms with Gasteiger partial charge in [0.05, 0.1) is 30.3 Å². The third-order valence-corrected chi connectivity index (χ3v) is 4.66. The average molecular weight is 335 g/mol. The summed E-state index contributed by atoms with van der Waals surface area (Å²) in [5.74, 6) is 0.623. The quantitative estimate of drug-likeness (QED) is 0.764. The molecule has 0 radical (unpaired) electrons. The molecule has 136 valence electrons. The van der Waals surface area contributed by atoms with E-state index in [0.29, 0.717) is 5.88 Å². The Bertz CT molecular complexity index is 508. The molecule has 5 nitrogen and oxygen atoms in total. The molecule has 5 heteroatoms. The highest BCUT2D eigenvalue weighted by atomic mass is 16.5. The maximum absolute atomic E-state index is 5.99. The first kappa shape index (κ1) is 19.1. The van der Waals surface area contributed by atoms with Crippen LogP contribution in [0.1, 0.15) is 60.1 Å². The van der Waals surface area contributed by atoms with Gasteiger partial charge in [0.25, 0.3) is 0 Å². The SMILES string of the molecule is CCC(C)(C)OCCN1CCC(Oc2cnc(C(C)(C)C)cn2)C1. The van der Waals surface area contributed by atoms with Crippen molar-refractivity contribution in [1.29, 1.82) is 0 Å². The van der Waals surface area contributed by atoms with Crippen LogP contribution in [-0.2, 0) is 10.2 Å². The maximum Gasteiger partial charge on any atom is 0.232 e. The molecule has 1 aliphatic heterocycles. The van der Waals surface area contributed by atoms with Gasteiger partial charge in [0.15, 0.2) is 0 Å². The Morgan fingerprint density at radius 1 is 1.17 bits per heavy atom. The molecule has 0 saturated carbocycles. The lowest BCUT2D eigenvalue weighted by Crippen LogP contribution is -2.32. The van der Waals surface area contributed by atoms with Crippen LogP contribution in [0.15, 0.2) is 12.4 Å². The van der Waals surface area contributed by atoms with Crippen LogP contribution in [0.3, 0.4) is 0 Å². The third-order valence-electron chi connectivity index (χ3n) is 4.66. The summed E-state index contributed by atoms with van der Waals surface area (Å²) in [4.78, 5) is 11.3. The highest BCUT2D eigenvalue weighted by molar-refractivity contribution is 5.13. The van der Waals surface area contributed by atoms with Crippen molar-refractivity contribution in [2.45, 2.75) is 71.5 Å². The van der Waals surface area contributed by atoms with Gasteiger partial charge in [-0.25, -0.2) is 4.98 Å². The Morgan fingerprint density at radius 2 is 1.92 bits per heavy atom. The van der Waals surface area contributed by atoms with Gasteiger partial charge in [-0.1, -0.05) is 27.7 Å². The van der Waals surface area contributed by atoms with E-state index in [1.807, 2.05) is 6.20 Å². The van der Waals surface area contributed by atoms with Crippen LogP contribution >= 0.6 is 0 Å². The molecule has 0 aromatic carbocycles. The van der Waals surface area contributed by atoms with Gasteiger partial charge in [-0.3, -0.25) is 9.88 Å². The van der Waals surface area contributed by atoms with E-state index in [1.165, 1.54) is 0 Å². The predicted molar refractivity (Wildman–Crippen MR) is 96.5 cm³/mol. The van der Waals surface area contributed by atoms with E-state index in [4.69, 9.17) is 9.47 Å². The first-order valence-corrected chi connectivity index (χ1v) is 9.05. The van der Waals surface area contributed by atoms with Crippen LogP contribution in [-0.4, -0.2) is 52.8 Å². The molecule has 1 aromatic rings. The van der Waals surface area contributed by atoms with E-state index < -0.39 is 0 Å². The smallest absolute Gasteiger partial charge is 0.232 e. The number of rotatable bonds is 7. The second-order valence-electron chi connectivity index (χ2n) is 8.28. The van der Waals surface area contributed by atoms with Gasteiger partial charge in [-0.15, -0.1) is 0 Å². The zero-order valence-corrected chi connectivity index (χ0v) is 16.1. The summed E-state index contributed by atoms with van der Waals surface area (Å²) in [6.07, 6.45) is 5.82. The molecule has 2 heterocycles. The molecule has 0 spiro atoms. The highest BCUT2D eigenvalue weighted by Crippen LogP contribution is 2.21. The average Bonchev–Trinajstić information content (AvgIpc) is 2.94. The summed E-state index contributed by atoms with van der Waals surface area (Å²) in [5.41, 5.74) is 0.973. The Labute approximate surface area is 146 Å². The monoisotopic (exact) mass is 335 g/mol. The number of hydrogen-bond donors (Lipinski definition) is 0. The van der Waals surface area contributed by atoms with Gasteiger partial charge in [-0.2, -0.15) is 0 Å². The van der Waals surface area contributed by atoms with Crippen molar-refractivity contribution in [3.05, 3.63) is 18.1 Å². The number of aromatic nitrogens is 2. The van der Waals surface area contributed by atoms with E-state index in [9.17, 15) is 0 Å². The number of nitrogens with zero attached hydrogens (tertiary/aromatic N) is 3. The van der Waals surface area contributed by atoms with E-state index >= 15 is 0 Å². The molecule has 1 aromatic heterocycles. The Balaban J connectivity index is 1.76. The summed E-state index contributed by atoms with van der Waals surface area (Å²) < 4.78 is 11.9. The summed E-state index contributed by atoms with van der Waals surface area (Å²) >= 11 is 0. The minimum absolute atomic E-state index is 0.0158. The fraction of sp³-hybridized carbons (Fsp3) is 0.789. The zero-order chi connectivity index (χ0) is 17.8. The first-order valence-electron chi connectivity index (χ1n) is 9.05. The zero-order valence-electron chi connectivity index (χ0n) is 16.1. The molecule has 1 fully saturated rings. The largest absolute Gasteiger partial charge is 0.472 e. The van der Waals surface area contributed by atoms with E-state index in [0.717, 1.165) is 44.8 Å². The predicted octanol–water partition coefficient (Wildman–Crippen LogP) is 3.43. The minimum atomic E-state index is -0.0278. The van der Waals surface area contributed by atoms with E-state index in [-0.39, 0.29) is 17.1 Å². The molecule has 1 aliphatic rings. The van der Waals surface area contributed by atoms with Gasteiger partial charge < -0.3 is 9.47 Å². The molecular weight excluding hydrogens is 302 g/mol. The van der Waals surface area contributed by atoms with E-state index in [1.54, 1.807) is 6.20 Å². The topological polar surface area (TPSA) is 47.5 Å². The second-order valence-corrected chi connectivity index (χ2v) is 8.28. The molecule has 0 amide bonds. The Morgan fingerprint density at radius 3 is 2.50 bits per heavy atom. The van der Waals surface area contributed by atoms with Crippen molar-refractivity contribution in [3.63, 3.8) is 0 Å². The molecule has 24 heavy (non-hydrogen) atoms. The van der Waals surface area contributed by atoms with Gasteiger partial charge in [0.1, 0.15) is 6.10 Å². The van der Waals surface area contributed by atoms with Crippen molar-refractivity contribution in [3.8, 4) is 5.88 Å². The fourth-order valence-corrected chi connectivity index (χ4v) is 2.58. The number of hydrogen-bond acceptors (Lipinski definition) is 5. The highest BCUT2D eigenvalue weighted by Gasteiger charge is 2.25. The van der Waals surface area contributed by atoms with Crippen LogP contribution in [0.25, 0.3) is 0 Å². The number of likely N-dealkylation sites (tertiary alicyclic amines) is 1. The van der Waals surface area contributed by atoms with Crippen LogP contribution in [0.4, 0.5) is 0 Å². The van der Waals surface area contributed by atoms with Gasteiger partial charge in [0, 0.05) is 25.0 Å². The number of ether oxygens (including phenoxy) is 2. The maximum atomic E-state index is 5.99. The minimum Gasteiger partial charge on any atom is -0.472 e. The van der Waals surface area contributed by atoms with Crippen molar-refractivity contribution in [2.75, 3.05) is 26.2 Å². The van der Waals surface area contributed by atoms with Crippen molar-refractivity contribution < 1.29 is 9.47 Å². The van der Waals surface area contributed by atoms with Crippen molar-refractivity contribution >= 4 is 0 Å². The van der Waals surface area contributed by atoms with Crippen molar-refractivity contribution in [2.24, 2.45) is 0 Å². The Hall–Kier alpha value is -1.20. The molecule has 0 aliphatic carbocycles. The summed E-state index contributed by atoms with van der Waals surface area (Å²) in [5, 5.41) is 0. The molecule has 1 saturated heterocycles.